The summed E-state index contributed by atoms with van der Waals surface area (Å²) in [5.74, 6) is 0.660. The molecule has 0 N–H and O–H groups in total. The molecule has 0 atom stereocenters. The van der Waals surface area contributed by atoms with Crippen LogP contribution in [0.25, 0.3) is 10.9 Å². The van der Waals surface area contributed by atoms with E-state index >= 15 is 0 Å². The van der Waals surface area contributed by atoms with Crippen LogP contribution in [0.4, 0.5) is 0 Å². The van der Waals surface area contributed by atoms with Crippen molar-refractivity contribution in [2.75, 3.05) is 13.2 Å². The molecule has 0 bridgehead atoms. The number of Topliss-reactive ketones (excluding diaryl/α,β-unsaturated/α-hetero) is 1. The molecule has 0 radical (unpaired) electrons. The molecule has 4 rings (SSSR count). The van der Waals surface area contributed by atoms with Gasteiger partial charge in [0.05, 0.1) is 10.9 Å². The number of ketones is 1. The first-order chi connectivity index (χ1) is 11.9. The number of benzene rings is 1. The Hall–Kier alpha value is -1.72. The molecule has 2 aliphatic rings. The molecule has 1 aromatic carbocycles. The summed E-state index contributed by atoms with van der Waals surface area (Å²) in [5.41, 5.74) is 0.586. The second kappa shape index (κ2) is 5.92. The van der Waals surface area contributed by atoms with Crippen LogP contribution < -0.4 is 5.56 Å². The summed E-state index contributed by atoms with van der Waals surface area (Å²) in [7, 11) is 0. The smallest absolute Gasteiger partial charge is 0.261 e. The maximum Gasteiger partial charge on any atom is 0.261 e. The van der Waals surface area contributed by atoms with E-state index in [9.17, 15) is 9.59 Å². The maximum atomic E-state index is 13.3. The number of rotatable bonds is 3. The molecule has 6 heteroatoms. The zero-order valence-corrected chi connectivity index (χ0v) is 15.2. The summed E-state index contributed by atoms with van der Waals surface area (Å²) in [5, 5.41) is 0.827. The van der Waals surface area contributed by atoms with Crippen LogP contribution in [0, 0.1) is 0 Å². The number of hydrogen-bond donors (Lipinski definition) is 0. The van der Waals surface area contributed by atoms with Gasteiger partial charge in [-0.1, -0.05) is 18.5 Å². The highest BCUT2D eigenvalue weighted by atomic mass is 35.5. The molecule has 1 aliphatic carbocycles. The molecule has 2 aromatic rings. The van der Waals surface area contributed by atoms with Gasteiger partial charge in [0, 0.05) is 35.3 Å². The quantitative estimate of drug-likeness (QED) is 0.784. The van der Waals surface area contributed by atoms with Crippen LogP contribution in [0.5, 0.6) is 0 Å². The fourth-order valence-corrected chi connectivity index (χ4v) is 3.90. The minimum Gasteiger partial charge on any atom is -0.381 e. The first kappa shape index (κ1) is 16.7. The van der Waals surface area contributed by atoms with Gasteiger partial charge in [0.25, 0.3) is 5.56 Å². The first-order valence-electron chi connectivity index (χ1n) is 8.76. The summed E-state index contributed by atoms with van der Waals surface area (Å²) in [6.07, 6.45) is 3.63. The molecule has 1 aromatic heterocycles. The van der Waals surface area contributed by atoms with Crippen molar-refractivity contribution in [3.8, 4) is 0 Å². The normalized spacial score (nSPS) is 20.0. The number of fused-ring (bicyclic) bond motifs is 1. The SMILES string of the molecule is CC(=O)c1cc(Cl)cc2c(=O)n(C3CC3)c(C3(C)CCOCC3)nc12. The summed E-state index contributed by atoms with van der Waals surface area (Å²) in [6.45, 7) is 4.95. The minimum absolute atomic E-state index is 0.0831. The summed E-state index contributed by atoms with van der Waals surface area (Å²) in [6, 6.07) is 3.45. The second-order valence-corrected chi connectivity index (χ2v) is 7.86. The van der Waals surface area contributed by atoms with Crippen LogP contribution in [-0.4, -0.2) is 28.5 Å². The van der Waals surface area contributed by atoms with Crippen molar-refractivity contribution in [3.63, 3.8) is 0 Å². The number of carbonyl (C=O) groups excluding carboxylic acids is 1. The van der Waals surface area contributed by atoms with Gasteiger partial charge in [-0.15, -0.1) is 0 Å². The van der Waals surface area contributed by atoms with Crippen LogP contribution in [0.2, 0.25) is 5.02 Å². The van der Waals surface area contributed by atoms with E-state index in [1.807, 2.05) is 4.57 Å². The van der Waals surface area contributed by atoms with Gasteiger partial charge < -0.3 is 4.74 Å². The molecule has 5 nitrogen and oxygen atoms in total. The van der Waals surface area contributed by atoms with E-state index in [0.29, 0.717) is 34.7 Å². The molecular formula is C19H21ClN2O3. The molecule has 132 valence electrons. The third-order valence-corrected chi connectivity index (χ3v) is 5.62. The Balaban J connectivity index is 2.06. The van der Waals surface area contributed by atoms with Gasteiger partial charge in [0.2, 0.25) is 0 Å². The number of nitrogens with zero attached hydrogens (tertiary/aromatic N) is 2. The van der Waals surface area contributed by atoms with Crippen molar-refractivity contribution >= 4 is 28.3 Å². The van der Waals surface area contributed by atoms with Gasteiger partial charge in [0.1, 0.15) is 5.82 Å². The lowest BCUT2D eigenvalue weighted by Gasteiger charge is -2.34. The number of hydrogen-bond acceptors (Lipinski definition) is 4. The Morgan fingerprint density at radius 2 is 2.00 bits per heavy atom. The van der Waals surface area contributed by atoms with Crippen molar-refractivity contribution < 1.29 is 9.53 Å². The van der Waals surface area contributed by atoms with Crippen molar-refractivity contribution in [1.82, 2.24) is 9.55 Å². The Labute approximate surface area is 151 Å². The number of carbonyl (C=O) groups is 1. The van der Waals surface area contributed by atoms with Crippen molar-refractivity contribution in [1.29, 1.82) is 0 Å². The highest BCUT2D eigenvalue weighted by Crippen LogP contribution is 2.40. The van der Waals surface area contributed by atoms with Gasteiger partial charge in [-0.2, -0.15) is 0 Å². The van der Waals surface area contributed by atoms with Crippen molar-refractivity contribution in [2.24, 2.45) is 0 Å². The van der Waals surface area contributed by atoms with Crippen molar-refractivity contribution in [3.05, 3.63) is 38.9 Å². The van der Waals surface area contributed by atoms with E-state index in [0.717, 1.165) is 31.5 Å². The molecule has 0 spiro atoms. The Bertz CT molecular complexity index is 924. The van der Waals surface area contributed by atoms with Crippen LogP contribution in [0.1, 0.15) is 61.8 Å². The van der Waals surface area contributed by atoms with E-state index < -0.39 is 0 Å². The zero-order chi connectivity index (χ0) is 17.8. The third-order valence-electron chi connectivity index (χ3n) is 5.40. The lowest BCUT2D eigenvalue weighted by molar-refractivity contribution is 0.0518. The van der Waals surface area contributed by atoms with Gasteiger partial charge in [-0.3, -0.25) is 14.2 Å². The van der Waals surface area contributed by atoms with Gasteiger partial charge >= 0.3 is 0 Å². The van der Waals surface area contributed by atoms with E-state index in [1.54, 1.807) is 12.1 Å². The lowest BCUT2D eigenvalue weighted by Crippen LogP contribution is -2.38. The first-order valence-corrected chi connectivity index (χ1v) is 9.13. The Morgan fingerprint density at radius 3 is 2.60 bits per heavy atom. The highest BCUT2D eigenvalue weighted by molar-refractivity contribution is 6.32. The molecule has 0 amide bonds. The van der Waals surface area contributed by atoms with Gasteiger partial charge in [-0.25, -0.2) is 4.98 Å². The molecule has 1 saturated heterocycles. The van der Waals surface area contributed by atoms with E-state index in [-0.39, 0.29) is 22.8 Å². The molecular weight excluding hydrogens is 340 g/mol. The topological polar surface area (TPSA) is 61.2 Å². The lowest BCUT2D eigenvalue weighted by atomic mass is 9.81. The monoisotopic (exact) mass is 360 g/mol. The molecule has 1 saturated carbocycles. The summed E-state index contributed by atoms with van der Waals surface area (Å²) < 4.78 is 7.37. The predicted molar refractivity (Wildman–Crippen MR) is 96.7 cm³/mol. The van der Waals surface area contributed by atoms with Crippen molar-refractivity contribution in [2.45, 2.75) is 51.0 Å². The Morgan fingerprint density at radius 1 is 1.32 bits per heavy atom. The molecule has 2 heterocycles. The molecule has 25 heavy (non-hydrogen) atoms. The average Bonchev–Trinajstić information content (AvgIpc) is 3.40. The van der Waals surface area contributed by atoms with Crippen LogP contribution >= 0.6 is 11.6 Å². The van der Waals surface area contributed by atoms with E-state index in [1.165, 1.54) is 6.92 Å². The summed E-state index contributed by atoms with van der Waals surface area (Å²) in [4.78, 5) is 30.2. The zero-order valence-electron chi connectivity index (χ0n) is 14.5. The largest absolute Gasteiger partial charge is 0.381 e. The van der Waals surface area contributed by atoms with E-state index in [4.69, 9.17) is 21.3 Å². The van der Waals surface area contributed by atoms with Crippen LogP contribution in [-0.2, 0) is 10.2 Å². The minimum atomic E-state index is -0.220. The molecule has 2 fully saturated rings. The second-order valence-electron chi connectivity index (χ2n) is 7.42. The standard InChI is InChI=1S/C19H21ClN2O3/c1-11(23)14-9-12(20)10-15-16(14)21-18(19(2)5-7-25-8-6-19)22(17(15)24)13-3-4-13/h9-10,13H,3-8H2,1-2H3. The molecule has 0 unspecified atom stereocenters. The fraction of sp³-hybridized carbons (Fsp3) is 0.526. The molecule has 1 aliphatic heterocycles. The van der Waals surface area contributed by atoms with Crippen LogP contribution in [0.3, 0.4) is 0 Å². The Kier molecular flexibility index (Phi) is 3.96. The average molecular weight is 361 g/mol. The third kappa shape index (κ3) is 2.79. The van der Waals surface area contributed by atoms with Crippen LogP contribution in [0.15, 0.2) is 16.9 Å². The number of aromatic nitrogens is 2. The predicted octanol–water partition coefficient (Wildman–Crippen LogP) is 3.66. The fourth-order valence-electron chi connectivity index (χ4n) is 3.68. The number of halogens is 1. The summed E-state index contributed by atoms with van der Waals surface area (Å²) >= 11 is 6.16. The highest BCUT2D eigenvalue weighted by Gasteiger charge is 2.38. The number of ether oxygens (including phenoxy) is 1. The van der Waals surface area contributed by atoms with E-state index in [2.05, 4.69) is 6.92 Å². The van der Waals surface area contributed by atoms with Gasteiger partial charge in [-0.05, 0) is 44.7 Å². The maximum absolute atomic E-state index is 13.3. The van der Waals surface area contributed by atoms with Gasteiger partial charge in [0.15, 0.2) is 5.78 Å².